The highest BCUT2D eigenvalue weighted by molar-refractivity contribution is 5.88. The van der Waals surface area contributed by atoms with Crippen LogP contribution in [0.3, 0.4) is 0 Å². The first-order chi connectivity index (χ1) is 14.2. The van der Waals surface area contributed by atoms with Crippen molar-refractivity contribution >= 4 is 22.8 Å². The van der Waals surface area contributed by atoms with Crippen LogP contribution in [-0.4, -0.2) is 40.7 Å². The van der Waals surface area contributed by atoms with Crippen LogP contribution in [0.25, 0.3) is 11.1 Å². The van der Waals surface area contributed by atoms with Crippen molar-refractivity contribution < 1.29 is 13.7 Å². The molecule has 0 unspecified atom stereocenters. The van der Waals surface area contributed by atoms with Crippen LogP contribution >= 0.6 is 0 Å². The van der Waals surface area contributed by atoms with Gasteiger partial charge in [0.2, 0.25) is 5.91 Å². The standard InChI is InChI=1S/C21H27N5O3/c1-2-16-19-20(26-12-4-3-5-13-26)23-17(24-21(19)29-25-16)8-9-18(27)22-11-10-15-7-6-14-28-15/h6-7,14H,2-5,8-13H2,1H3,(H,22,27). The SMILES string of the molecule is CCc1noc2nc(CCC(=O)NCCc3ccco3)nc(N3CCCCC3)c12. The molecule has 0 saturated carbocycles. The molecule has 4 rings (SSSR count). The van der Waals surface area contributed by atoms with Gasteiger partial charge in [0.05, 0.1) is 12.0 Å². The Balaban J connectivity index is 1.43. The number of nitrogens with one attached hydrogen (secondary N) is 1. The van der Waals surface area contributed by atoms with Crippen molar-refractivity contribution in [3.63, 3.8) is 0 Å². The number of anilines is 1. The molecule has 0 radical (unpaired) electrons. The summed E-state index contributed by atoms with van der Waals surface area (Å²) in [5, 5.41) is 8.01. The summed E-state index contributed by atoms with van der Waals surface area (Å²) in [4.78, 5) is 23.9. The molecule has 1 amide bonds. The lowest BCUT2D eigenvalue weighted by Crippen LogP contribution is -2.31. The molecule has 8 heteroatoms. The number of hydrogen-bond acceptors (Lipinski definition) is 7. The minimum Gasteiger partial charge on any atom is -0.469 e. The third-order valence-electron chi connectivity index (χ3n) is 5.27. The van der Waals surface area contributed by atoms with Crippen LogP contribution < -0.4 is 10.2 Å². The van der Waals surface area contributed by atoms with E-state index in [1.165, 1.54) is 6.42 Å². The van der Waals surface area contributed by atoms with Crippen LogP contribution in [0.2, 0.25) is 0 Å². The smallest absolute Gasteiger partial charge is 0.263 e. The van der Waals surface area contributed by atoms with Crippen LogP contribution in [0.4, 0.5) is 5.82 Å². The lowest BCUT2D eigenvalue weighted by Gasteiger charge is -2.28. The zero-order valence-corrected chi connectivity index (χ0v) is 16.8. The number of aryl methyl sites for hydroxylation is 2. The summed E-state index contributed by atoms with van der Waals surface area (Å²) < 4.78 is 10.8. The van der Waals surface area contributed by atoms with Gasteiger partial charge in [-0.15, -0.1) is 0 Å². The highest BCUT2D eigenvalue weighted by Crippen LogP contribution is 2.29. The van der Waals surface area contributed by atoms with E-state index in [4.69, 9.17) is 13.9 Å². The minimum absolute atomic E-state index is 0.0217. The lowest BCUT2D eigenvalue weighted by atomic mass is 10.1. The molecule has 1 saturated heterocycles. The summed E-state index contributed by atoms with van der Waals surface area (Å²) in [6, 6.07) is 3.75. The molecule has 29 heavy (non-hydrogen) atoms. The van der Waals surface area contributed by atoms with Gasteiger partial charge in [0, 0.05) is 38.9 Å². The number of carbonyl (C=O) groups is 1. The quantitative estimate of drug-likeness (QED) is 0.624. The van der Waals surface area contributed by atoms with Gasteiger partial charge in [-0.2, -0.15) is 4.98 Å². The molecule has 154 valence electrons. The molecular weight excluding hydrogens is 370 g/mol. The molecule has 0 aliphatic carbocycles. The van der Waals surface area contributed by atoms with Gasteiger partial charge in [-0.25, -0.2) is 4.98 Å². The maximum Gasteiger partial charge on any atom is 0.263 e. The van der Waals surface area contributed by atoms with E-state index in [-0.39, 0.29) is 5.91 Å². The highest BCUT2D eigenvalue weighted by atomic mass is 16.5. The van der Waals surface area contributed by atoms with Crippen molar-refractivity contribution in [3.8, 4) is 0 Å². The number of nitrogens with zero attached hydrogens (tertiary/aromatic N) is 4. The van der Waals surface area contributed by atoms with Crippen LogP contribution in [0.5, 0.6) is 0 Å². The summed E-state index contributed by atoms with van der Waals surface area (Å²) >= 11 is 0. The van der Waals surface area contributed by atoms with E-state index in [2.05, 4.69) is 27.3 Å². The number of fused-ring (bicyclic) bond motifs is 1. The third kappa shape index (κ3) is 4.58. The molecule has 0 aromatic carbocycles. The van der Waals surface area contributed by atoms with Crippen molar-refractivity contribution in [2.24, 2.45) is 0 Å². The second kappa shape index (κ2) is 9.07. The molecule has 1 aliphatic rings. The first-order valence-corrected chi connectivity index (χ1v) is 10.4. The number of carbonyl (C=O) groups excluding carboxylic acids is 1. The topological polar surface area (TPSA) is 97.3 Å². The second-order valence-corrected chi connectivity index (χ2v) is 7.35. The van der Waals surface area contributed by atoms with Crippen LogP contribution in [0, 0.1) is 0 Å². The van der Waals surface area contributed by atoms with E-state index in [1.54, 1.807) is 6.26 Å². The number of rotatable bonds is 8. The molecule has 1 N–H and O–H groups in total. The van der Waals surface area contributed by atoms with Crippen LogP contribution in [0.15, 0.2) is 27.3 Å². The first kappa shape index (κ1) is 19.4. The van der Waals surface area contributed by atoms with Gasteiger partial charge < -0.3 is 19.2 Å². The summed E-state index contributed by atoms with van der Waals surface area (Å²) in [6.45, 7) is 4.56. The molecular formula is C21H27N5O3. The Bertz CT molecular complexity index is 945. The minimum atomic E-state index is -0.0217. The van der Waals surface area contributed by atoms with Gasteiger partial charge in [0.1, 0.15) is 22.8 Å². The Hall–Kier alpha value is -2.90. The maximum atomic E-state index is 12.2. The Morgan fingerprint density at radius 3 is 2.83 bits per heavy atom. The fourth-order valence-corrected chi connectivity index (χ4v) is 3.72. The van der Waals surface area contributed by atoms with Crippen LogP contribution in [0.1, 0.15) is 49.9 Å². The largest absolute Gasteiger partial charge is 0.469 e. The Labute approximate surface area is 169 Å². The predicted molar refractivity (Wildman–Crippen MR) is 109 cm³/mol. The molecule has 0 spiro atoms. The van der Waals surface area contributed by atoms with Crippen molar-refractivity contribution in [2.45, 2.75) is 51.9 Å². The van der Waals surface area contributed by atoms with Crippen LogP contribution in [-0.2, 0) is 24.1 Å². The van der Waals surface area contributed by atoms with Crippen molar-refractivity contribution in [1.82, 2.24) is 20.4 Å². The monoisotopic (exact) mass is 397 g/mol. The van der Waals surface area contributed by atoms with Crippen molar-refractivity contribution in [3.05, 3.63) is 35.7 Å². The molecule has 0 bridgehead atoms. The van der Waals surface area contributed by atoms with E-state index >= 15 is 0 Å². The van der Waals surface area contributed by atoms with Gasteiger partial charge in [-0.1, -0.05) is 12.1 Å². The fraction of sp³-hybridized carbons (Fsp3) is 0.524. The van der Waals surface area contributed by atoms with E-state index in [1.807, 2.05) is 12.1 Å². The number of aromatic nitrogens is 3. The molecule has 4 heterocycles. The van der Waals surface area contributed by atoms with Gasteiger partial charge in [-0.05, 0) is 37.8 Å². The summed E-state index contributed by atoms with van der Waals surface area (Å²) in [7, 11) is 0. The van der Waals surface area contributed by atoms with E-state index in [0.717, 1.165) is 55.0 Å². The molecule has 3 aromatic heterocycles. The number of amides is 1. The zero-order valence-electron chi connectivity index (χ0n) is 16.8. The van der Waals surface area contributed by atoms with Crippen molar-refractivity contribution in [1.29, 1.82) is 0 Å². The molecule has 3 aromatic rings. The Morgan fingerprint density at radius 2 is 2.07 bits per heavy atom. The molecule has 1 aliphatic heterocycles. The summed E-state index contributed by atoms with van der Waals surface area (Å²) in [6.07, 6.45) is 7.45. The Morgan fingerprint density at radius 1 is 1.21 bits per heavy atom. The molecule has 8 nitrogen and oxygen atoms in total. The van der Waals surface area contributed by atoms with Gasteiger partial charge in [0.25, 0.3) is 5.71 Å². The Kier molecular flexibility index (Phi) is 6.07. The number of furan rings is 1. The first-order valence-electron chi connectivity index (χ1n) is 10.4. The van der Waals surface area contributed by atoms with Gasteiger partial charge in [-0.3, -0.25) is 4.79 Å². The average molecular weight is 397 g/mol. The molecule has 0 atom stereocenters. The number of piperidine rings is 1. The fourth-order valence-electron chi connectivity index (χ4n) is 3.72. The number of hydrogen-bond donors (Lipinski definition) is 1. The highest BCUT2D eigenvalue weighted by Gasteiger charge is 2.22. The predicted octanol–water partition coefficient (Wildman–Crippen LogP) is 3.06. The van der Waals surface area contributed by atoms with Gasteiger partial charge in [0.15, 0.2) is 0 Å². The van der Waals surface area contributed by atoms with E-state index < -0.39 is 0 Å². The second-order valence-electron chi connectivity index (χ2n) is 7.35. The maximum absolute atomic E-state index is 12.2. The molecule has 1 fully saturated rings. The summed E-state index contributed by atoms with van der Waals surface area (Å²) in [5.41, 5.74) is 1.41. The van der Waals surface area contributed by atoms with E-state index in [9.17, 15) is 4.79 Å². The summed E-state index contributed by atoms with van der Waals surface area (Å²) in [5.74, 6) is 2.37. The zero-order chi connectivity index (χ0) is 20.1. The normalized spacial score (nSPS) is 14.4. The lowest BCUT2D eigenvalue weighted by molar-refractivity contribution is -0.121. The third-order valence-corrected chi connectivity index (χ3v) is 5.27. The van der Waals surface area contributed by atoms with E-state index in [0.29, 0.717) is 37.3 Å². The van der Waals surface area contributed by atoms with Gasteiger partial charge >= 0.3 is 0 Å². The average Bonchev–Trinajstić information content (AvgIpc) is 3.42. The van der Waals surface area contributed by atoms with Crippen molar-refractivity contribution in [2.75, 3.05) is 24.5 Å².